The summed E-state index contributed by atoms with van der Waals surface area (Å²) in [6, 6.07) is -2.40. The van der Waals surface area contributed by atoms with Gasteiger partial charge in [-0.15, -0.1) is 0 Å². The van der Waals surface area contributed by atoms with Crippen LogP contribution in [0.15, 0.2) is 24.3 Å². The van der Waals surface area contributed by atoms with Crippen molar-refractivity contribution in [2.45, 2.75) is 74.6 Å². The Hall–Kier alpha value is -4.68. The maximum absolute atomic E-state index is 13.4. The third-order valence-corrected chi connectivity index (χ3v) is 11.0. The largest absolute Gasteiger partial charge is 0.481 e. The average molecular weight is 846 g/mol. The first-order chi connectivity index (χ1) is 26.4. The van der Waals surface area contributed by atoms with Crippen molar-refractivity contribution < 1.29 is 58.5 Å². The van der Waals surface area contributed by atoms with Crippen molar-refractivity contribution in [3.63, 3.8) is 0 Å². The molecule has 0 spiro atoms. The summed E-state index contributed by atoms with van der Waals surface area (Å²) < 4.78 is 0. The molecule has 0 aromatic heterocycles. The molecule has 2 aliphatic rings. The lowest BCUT2D eigenvalue weighted by atomic mass is 10.0. The molecule has 0 aliphatic carbocycles. The monoisotopic (exact) mass is 845 g/mol. The van der Waals surface area contributed by atoms with E-state index in [1.165, 1.54) is 13.0 Å². The summed E-state index contributed by atoms with van der Waals surface area (Å²) in [5.74, 6) is -9.32. The van der Waals surface area contributed by atoms with Crippen molar-refractivity contribution in [2.24, 2.45) is 11.5 Å². The molecule has 0 radical (unpaired) electrons. The summed E-state index contributed by atoms with van der Waals surface area (Å²) in [6.07, 6.45) is -3.99. The van der Waals surface area contributed by atoms with Crippen molar-refractivity contribution in [1.82, 2.24) is 36.8 Å². The second-order valence-corrected chi connectivity index (χ2v) is 15.9. The van der Waals surface area contributed by atoms with Crippen LogP contribution < -0.4 is 43.4 Å². The summed E-state index contributed by atoms with van der Waals surface area (Å²) in [5.41, 5.74) is 11.9. The van der Waals surface area contributed by atoms with Crippen LogP contribution in [0.5, 0.6) is 0 Å². The van der Waals surface area contributed by atoms with Gasteiger partial charge in [-0.3, -0.25) is 43.2 Å². The molecular formula is C32H44ClN9O12S2. The normalized spacial score (nSPS) is 27.7. The van der Waals surface area contributed by atoms with Gasteiger partial charge in [0.2, 0.25) is 47.3 Å². The number of carboxylic acids is 1. The van der Waals surface area contributed by atoms with Gasteiger partial charge in [-0.1, -0.05) is 45.3 Å². The number of benzene rings is 1. The second kappa shape index (κ2) is 21.6. The summed E-state index contributed by atoms with van der Waals surface area (Å²) in [7, 11) is 1.93. The molecule has 1 aromatic carbocycles. The number of nitrogens with two attached hydrogens (primary N) is 2. The molecule has 56 heavy (non-hydrogen) atoms. The molecule has 8 atom stereocenters. The topological polar surface area (TPSA) is 342 Å². The number of aliphatic hydroxyl groups excluding tert-OH is 2. The highest BCUT2D eigenvalue weighted by Crippen LogP contribution is 2.23. The Morgan fingerprint density at radius 1 is 0.911 bits per heavy atom. The first kappa shape index (κ1) is 45.7. The zero-order valence-corrected chi connectivity index (χ0v) is 32.3. The Balaban J connectivity index is 1.91. The molecule has 0 bridgehead atoms. The smallest absolute Gasteiger partial charge is 0.305 e. The Kier molecular flexibility index (Phi) is 17.6. The van der Waals surface area contributed by atoms with Gasteiger partial charge in [0.25, 0.3) is 0 Å². The number of halogens is 1. The van der Waals surface area contributed by atoms with Gasteiger partial charge < -0.3 is 63.6 Å². The molecule has 1 aromatic rings. The van der Waals surface area contributed by atoms with Crippen LogP contribution in [0.1, 0.15) is 25.3 Å². The Morgan fingerprint density at radius 3 is 2.21 bits per heavy atom. The summed E-state index contributed by atoms with van der Waals surface area (Å²) >= 11 is 6.09. The van der Waals surface area contributed by atoms with E-state index in [0.29, 0.717) is 10.6 Å². The van der Waals surface area contributed by atoms with E-state index in [-0.39, 0.29) is 30.9 Å². The van der Waals surface area contributed by atoms with Crippen molar-refractivity contribution in [1.29, 1.82) is 0 Å². The van der Waals surface area contributed by atoms with Gasteiger partial charge in [-0.25, -0.2) is 0 Å². The van der Waals surface area contributed by atoms with Crippen molar-refractivity contribution in [2.75, 3.05) is 31.1 Å². The standard InChI is InChI=1S/C32H44ClN9O12S2/c1-14(43)26-32(54)40-21(27(35)49)13-56-55-12-18(34)28(50)39-20(8-25(47)48)30(52)36-9-23(45)38-19(6-15-3-2-4-16(33)5-15)29(51)37-10-24(46)42-11-17(44)7-22(42)31(53)41-26/h2-5,14,17-22,26,43-44H,6-13,34H2,1H3,(H2,35,49)(H,36,52)(H,37,51)(H,38,45)(H,39,50)(H,40,54)(H,41,53)(H,47,48)/t14-,17?,18-,19+,20-,21-,22+,26+/m1/s1. The van der Waals surface area contributed by atoms with Gasteiger partial charge >= 0.3 is 5.97 Å². The minimum atomic E-state index is -1.67. The Morgan fingerprint density at radius 2 is 1.57 bits per heavy atom. The van der Waals surface area contributed by atoms with Crippen LogP contribution in [0.25, 0.3) is 0 Å². The van der Waals surface area contributed by atoms with Gasteiger partial charge in [0.05, 0.1) is 37.8 Å². The number of carbonyl (C=O) groups excluding carboxylic acids is 8. The molecule has 308 valence electrons. The van der Waals surface area contributed by atoms with Crippen LogP contribution in [0.3, 0.4) is 0 Å². The predicted molar refractivity (Wildman–Crippen MR) is 201 cm³/mol. The molecule has 2 heterocycles. The highest BCUT2D eigenvalue weighted by atomic mass is 35.5. The molecule has 8 amide bonds. The van der Waals surface area contributed by atoms with E-state index in [2.05, 4.69) is 31.9 Å². The second-order valence-electron chi connectivity index (χ2n) is 12.9. The number of fused-ring (bicyclic) bond motifs is 1. The predicted octanol–water partition coefficient (Wildman–Crippen LogP) is -4.92. The van der Waals surface area contributed by atoms with Crippen LogP contribution >= 0.6 is 33.2 Å². The number of primary amides is 1. The number of rotatable bonds is 6. The van der Waals surface area contributed by atoms with Crippen molar-refractivity contribution in [3.05, 3.63) is 34.9 Å². The number of nitrogens with zero attached hydrogens (tertiary/aromatic N) is 1. The number of hydrogen-bond acceptors (Lipinski definition) is 14. The van der Waals surface area contributed by atoms with E-state index >= 15 is 0 Å². The quantitative estimate of drug-likeness (QED) is 0.120. The summed E-state index contributed by atoms with van der Waals surface area (Å²) in [5, 5.41) is 44.4. The molecule has 24 heteroatoms. The highest BCUT2D eigenvalue weighted by Gasteiger charge is 2.41. The van der Waals surface area contributed by atoms with Gasteiger partial charge in [0, 0.05) is 35.9 Å². The molecule has 1 unspecified atom stereocenters. The van der Waals surface area contributed by atoms with Crippen LogP contribution in [0.4, 0.5) is 0 Å². The van der Waals surface area contributed by atoms with E-state index in [4.69, 9.17) is 23.1 Å². The van der Waals surface area contributed by atoms with Gasteiger partial charge in [-0.05, 0) is 24.6 Å². The third kappa shape index (κ3) is 14.1. The third-order valence-electron chi connectivity index (χ3n) is 8.36. The average Bonchev–Trinajstić information content (AvgIpc) is 3.52. The van der Waals surface area contributed by atoms with E-state index in [9.17, 15) is 58.5 Å². The number of hydrogen-bond donors (Lipinski definition) is 11. The molecule has 21 nitrogen and oxygen atoms in total. The molecule has 2 aliphatic heterocycles. The maximum atomic E-state index is 13.4. The van der Waals surface area contributed by atoms with E-state index in [1.54, 1.807) is 18.2 Å². The highest BCUT2D eigenvalue weighted by molar-refractivity contribution is 8.76. The van der Waals surface area contributed by atoms with E-state index < -0.39 is 121 Å². The number of carbonyl (C=O) groups is 9. The fourth-order valence-corrected chi connectivity index (χ4v) is 7.97. The lowest BCUT2D eigenvalue weighted by Gasteiger charge is -2.28. The molecule has 2 fully saturated rings. The number of aliphatic carboxylic acids is 1. The zero-order chi connectivity index (χ0) is 41.7. The van der Waals surface area contributed by atoms with Gasteiger partial charge in [0.1, 0.15) is 30.2 Å². The fourth-order valence-electron chi connectivity index (χ4n) is 5.46. The molecule has 2 saturated heterocycles. The first-order valence-electron chi connectivity index (χ1n) is 17.0. The molecule has 0 saturated carbocycles. The first-order valence-corrected chi connectivity index (χ1v) is 19.9. The minimum absolute atomic E-state index is 0.134. The van der Waals surface area contributed by atoms with Crippen LogP contribution in [-0.2, 0) is 49.6 Å². The number of nitrogens with one attached hydrogen (secondary N) is 6. The molecule has 3 rings (SSSR count). The van der Waals surface area contributed by atoms with E-state index in [0.717, 1.165) is 26.5 Å². The van der Waals surface area contributed by atoms with Crippen LogP contribution in [0.2, 0.25) is 5.02 Å². The van der Waals surface area contributed by atoms with Crippen LogP contribution in [-0.4, -0.2) is 153 Å². The molecular weight excluding hydrogens is 802 g/mol. The van der Waals surface area contributed by atoms with Crippen molar-refractivity contribution in [3.8, 4) is 0 Å². The van der Waals surface area contributed by atoms with Gasteiger partial charge in [0.15, 0.2) is 0 Å². The van der Waals surface area contributed by atoms with E-state index in [1.807, 2.05) is 0 Å². The SMILES string of the molecule is C[C@@H](O)[C@@H]1NC(=O)[C@@H]2CC(O)CN2C(=O)CNC(=O)[C@H](Cc2cccc(Cl)c2)NC(=O)CNC(=O)[C@@H](CC(=O)O)NC(=O)[C@H](N)CSSC[C@H](C(N)=O)NC1=O. The Labute approximate surface area is 332 Å². The number of carboxylic acid groups (broad SMARTS) is 1. The fraction of sp³-hybridized carbons (Fsp3) is 0.531. The maximum Gasteiger partial charge on any atom is 0.305 e. The summed E-state index contributed by atoms with van der Waals surface area (Å²) in [6.45, 7) is -0.629. The lowest BCUT2D eigenvalue weighted by Crippen LogP contribution is -2.60. The van der Waals surface area contributed by atoms with Crippen LogP contribution in [0, 0.1) is 0 Å². The van der Waals surface area contributed by atoms with Crippen molar-refractivity contribution >= 4 is 86.4 Å². The lowest BCUT2D eigenvalue weighted by molar-refractivity contribution is -0.141. The minimum Gasteiger partial charge on any atom is -0.481 e. The number of aliphatic hydroxyl groups is 2. The zero-order valence-electron chi connectivity index (χ0n) is 29.9. The number of amides is 8. The summed E-state index contributed by atoms with van der Waals surface area (Å²) in [4.78, 5) is 117. The van der Waals surface area contributed by atoms with Gasteiger partial charge in [-0.2, -0.15) is 0 Å². The Bertz CT molecular complexity index is 1670. The molecule has 13 N–H and O–H groups in total.